The molecule has 3 aliphatic rings. The summed E-state index contributed by atoms with van der Waals surface area (Å²) < 4.78 is 11.2. The lowest BCUT2D eigenvalue weighted by Gasteiger charge is -2.27. The Bertz CT molecular complexity index is 942. The fourth-order valence-corrected chi connectivity index (χ4v) is 5.48. The Morgan fingerprint density at radius 2 is 1.97 bits per heavy atom. The molecular weight excluding hydrogens is 414 g/mol. The number of amides is 2. The Kier molecular flexibility index (Phi) is 5.82. The maximum atomic E-state index is 12.9. The van der Waals surface area contributed by atoms with Crippen molar-refractivity contribution in [3.63, 3.8) is 0 Å². The first kappa shape index (κ1) is 20.3. The van der Waals surface area contributed by atoms with E-state index in [-0.39, 0.29) is 30.2 Å². The molecule has 2 amide bonds. The fourth-order valence-electron chi connectivity index (χ4n) is 4.62. The topological polar surface area (TPSA) is 71.1 Å². The van der Waals surface area contributed by atoms with Crippen molar-refractivity contribution in [2.75, 3.05) is 44.3 Å². The van der Waals surface area contributed by atoms with E-state index in [1.807, 2.05) is 18.2 Å². The summed E-state index contributed by atoms with van der Waals surface area (Å²) in [4.78, 5) is 31.0. The number of hydrogen-bond acceptors (Lipinski definition) is 6. The third-order valence-electron chi connectivity index (χ3n) is 6.26. The summed E-state index contributed by atoms with van der Waals surface area (Å²) in [6.45, 7) is 4.13. The molecule has 1 aromatic carbocycles. The Labute approximate surface area is 185 Å². The molecule has 0 aliphatic carbocycles. The number of fused-ring (bicyclic) bond motifs is 1. The van der Waals surface area contributed by atoms with Gasteiger partial charge >= 0.3 is 0 Å². The lowest BCUT2D eigenvalue weighted by atomic mass is 10.1. The van der Waals surface area contributed by atoms with E-state index in [4.69, 9.17) is 9.47 Å². The van der Waals surface area contributed by atoms with Crippen LogP contribution in [0.3, 0.4) is 0 Å². The highest BCUT2D eigenvalue weighted by atomic mass is 32.1. The molecule has 0 bridgehead atoms. The molecule has 3 aliphatic heterocycles. The lowest BCUT2D eigenvalue weighted by molar-refractivity contribution is -0.126. The molecule has 0 unspecified atom stereocenters. The van der Waals surface area contributed by atoms with Crippen molar-refractivity contribution in [3.05, 3.63) is 40.6 Å². The highest BCUT2D eigenvalue weighted by Crippen LogP contribution is 2.36. The monoisotopic (exact) mass is 441 g/mol. The van der Waals surface area contributed by atoms with Gasteiger partial charge in [0.2, 0.25) is 11.8 Å². The zero-order valence-electron chi connectivity index (χ0n) is 17.4. The van der Waals surface area contributed by atoms with Crippen LogP contribution in [0.5, 0.6) is 11.5 Å². The van der Waals surface area contributed by atoms with Crippen LogP contribution >= 0.6 is 11.3 Å². The first-order valence-corrected chi connectivity index (χ1v) is 11.8. The van der Waals surface area contributed by atoms with Crippen molar-refractivity contribution < 1.29 is 19.1 Å². The Morgan fingerprint density at radius 1 is 1.16 bits per heavy atom. The zero-order valence-corrected chi connectivity index (χ0v) is 18.2. The van der Waals surface area contributed by atoms with Crippen molar-refractivity contribution >= 4 is 28.8 Å². The number of carbonyl (C=O) groups excluding carboxylic acids is 2. The predicted molar refractivity (Wildman–Crippen MR) is 119 cm³/mol. The molecule has 31 heavy (non-hydrogen) atoms. The molecule has 0 saturated carbocycles. The third-order valence-corrected chi connectivity index (χ3v) is 7.23. The summed E-state index contributed by atoms with van der Waals surface area (Å²) in [7, 11) is 0. The van der Waals surface area contributed by atoms with Crippen molar-refractivity contribution in [2.24, 2.45) is 5.92 Å². The second-order valence-electron chi connectivity index (χ2n) is 8.25. The normalized spacial score (nSPS) is 22.0. The van der Waals surface area contributed by atoms with Crippen LogP contribution in [0, 0.1) is 5.92 Å². The van der Waals surface area contributed by atoms with E-state index in [0.29, 0.717) is 37.8 Å². The van der Waals surface area contributed by atoms with Crippen molar-refractivity contribution in [1.82, 2.24) is 10.2 Å². The quantitative estimate of drug-likeness (QED) is 0.747. The molecule has 1 N–H and O–H groups in total. The highest BCUT2D eigenvalue weighted by molar-refractivity contribution is 7.10. The lowest BCUT2D eigenvalue weighted by Crippen LogP contribution is -2.39. The fraction of sp³-hybridized carbons (Fsp3) is 0.478. The molecule has 8 heteroatoms. The average molecular weight is 442 g/mol. The number of likely N-dealkylation sites (tertiary alicyclic amines) is 1. The first-order chi connectivity index (χ1) is 15.2. The number of hydrogen-bond donors (Lipinski definition) is 1. The second kappa shape index (κ2) is 8.88. The van der Waals surface area contributed by atoms with Crippen LogP contribution in [-0.4, -0.2) is 56.1 Å². The Balaban J connectivity index is 1.23. The van der Waals surface area contributed by atoms with E-state index in [0.717, 1.165) is 18.8 Å². The molecule has 2 fully saturated rings. The van der Waals surface area contributed by atoms with E-state index in [2.05, 4.69) is 27.7 Å². The number of anilines is 1. The van der Waals surface area contributed by atoms with Gasteiger partial charge in [-0.2, -0.15) is 0 Å². The number of ether oxygens (including phenoxy) is 2. The summed E-state index contributed by atoms with van der Waals surface area (Å²) in [5, 5.41) is 5.22. The van der Waals surface area contributed by atoms with Crippen LogP contribution < -0.4 is 19.7 Å². The minimum atomic E-state index is -0.344. The molecule has 4 heterocycles. The van der Waals surface area contributed by atoms with Gasteiger partial charge in [0, 0.05) is 36.1 Å². The van der Waals surface area contributed by atoms with Crippen molar-refractivity contribution in [3.8, 4) is 11.5 Å². The van der Waals surface area contributed by atoms with E-state index in [1.165, 1.54) is 17.7 Å². The van der Waals surface area contributed by atoms with Gasteiger partial charge in [-0.25, -0.2) is 0 Å². The first-order valence-electron chi connectivity index (χ1n) is 10.9. The molecule has 0 spiro atoms. The number of thiophene rings is 1. The number of rotatable bonds is 6. The van der Waals surface area contributed by atoms with E-state index >= 15 is 0 Å². The Hall–Kier alpha value is -2.58. The van der Waals surface area contributed by atoms with E-state index < -0.39 is 0 Å². The number of nitrogens with one attached hydrogen (secondary N) is 1. The predicted octanol–water partition coefficient (Wildman–Crippen LogP) is 2.83. The minimum Gasteiger partial charge on any atom is -0.486 e. The average Bonchev–Trinajstić information content (AvgIpc) is 3.56. The van der Waals surface area contributed by atoms with Crippen molar-refractivity contribution in [1.29, 1.82) is 0 Å². The molecule has 7 nitrogen and oxygen atoms in total. The van der Waals surface area contributed by atoms with Crippen LogP contribution in [0.2, 0.25) is 0 Å². The second-order valence-corrected chi connectivity index (χ2v) is 9.23. The van der Waals surface area contributed by atoms with Crippen LogP contribution in [-0.2, 0) is 9.59 Å². The van der Waals surface area contributed by atoms with E-state index in [9.17, 15) is 9.59 Å². The minimum absolute atomic E-state index is 0.0359. The summed E-state index contributed by atoms with van der Waals surface area (Å²) >= 11 is 1.73. The number of carbonyl (C=O) groups is 2. The molecule has 2 atom stereocenters. The molecule has 5 rings (SSSR count). The largest absolute Gasteiger partial charge is 0.486 e. The van der Waals surface area contributed by atoms with Gasteiger partial charge in [-0.1, -0.05) is 6.07 Å². The van der Waals surface area contributed by atoms with Crippen LogP contribution in [0.1, 0.15) is 30.2 Å². The summed E-state index contributed by atoms with van der Waals surface area (Å²) in [5.41, 5.74) is 0.748. The molecule has 2 aromatic rings. The van der Waals surface area contributed by atoms with Crippen LogP contribution in [0.15, 0.2) is 35.7 Å². The molecule has 1 aromatic heterocycles. The van der Waals surface area contributed by atoms with Gasteiger partial charge in [-0.05, 0) is 49.5 Å². The number of nitrogens with zero attached hydrogens (tertiary/aromatic N) is 2. The molecule has 2 saturated heterocycles. The third kappa shape index (κ3) is 4.27. The van der Waals surface area contributed by atoms with Gasteiger partial charge in [0.15, 0.2) is 11.5 Å². The van der Waals surface area contributed by atoms with E-state index in [1.54, 1.807) is 16.2 Å². The maximum Gasteiger partial charge on any atom is 0.227 e. The summed E-state index contributed by atoms with van der Waals surface area (Å²) in [6, 6.07) is 9.91. The van der Waals surface area contributed by atoms with Gasteiger partial charge in [-0.3, -0.25) is 14.5 Å². The van der Waals surface area contributed by atoms with Crippen molar-refractivity contribution in [2.45, 2.75) is 25.3 Å². The van der Waals surface area contributed by atoms with Crippen LogP contribution in [0.4, 0.5) is 5.69 Å². The van der Waals surface area contributed by atoms with Crippen LogP contribution in [0.25, 0.3) is 0 Å². The Morgan fingerprint density at radius 3 is 2.74 bits per heavy atom. The molecule has 0 radical (unpaired) electrons. The maximum absolute atomic E-state index is 12.9. The van der Waals surface area contributed by atoms with Gasteiger partial charge < -0.3 is 19.7 Å². The zero-order chi connectivity index (χ0) is 21.2. The highest BCUT2D eigenvalue weighted by Gasteiger charge is 2.36. The molecular formula is C23H27N3O4S. The number of benzene rings is 1. The summed E-state index contributed by atoms with van der Waals surface area (Å²) in [6.07, 6.45) is 2.64. The van der Waals surface area contributed by atoms with Gasteiger partial charge in [0.05, 0.1) is 12.0 Å². The van der Waals surface area contributed by atoms with Gasteiger partial charge in [0.25, 0.3) is 0 Å². The standard InChI is InChI=1S/C23H27N3O4S/c27-22-12-16(15-26(22)17-5-6-19-20(13-17)30-10-9-29-19)23(28)24-14-18(21-4-3-11-31-21)25-7-1-2-8-25/h3-6,11,13,16,18H,1-2,7-10,12,14-15H2,(H,24,28)/t16-,18-/m0/s1. The van der Waals surface area contributed by atoms with Gasteiger partial charge in [0.1, 0.15) is 13.2 Å². The molecule has 164 valence electrons. The smallest absolute Gasteiger partial charge is 0.227 e. The SMILES string of the molecule is O=C(NC[C@@H](c1cccs1)N1CCCC1)[C@H]1CC(=O)N(c2ccc3c(c2)OCCO3)C1. The summed E-state index contributed by atoms with van der Waals surface area (Å²) in [5.74, 6) is 0.912. The van der Waals surface area contributed by atoms with Gasteiger partial charge in [-0.15, -0.1) is 11.3 Å².